The monoisotopic (exact) mass is 413 g/mol. The summed E-state index contributed by atoms with van der Waals surface area (Å²) in [6.07, 6.45) is 0. The molecule has 0 unspecified atom stereocenters. The maximum Gasteiger partial charge on any atom is 0.0722 e. The van der Waals surface area contributed by atoms with Crippen LogP contribution in [0.3, 0.4) is 0 Å². The molecule has 90 valence electrons. The SMILES string of the molecule is Clc1cc(Br)cc(Cl)c1NCc1cc(Br)cs1. The summed E-state index contributed by atoms with van der Waals surface area (Å²) in [6, 6.07) is 5.71. The standard InChI is InChI=1S/C11H7Br2Cl2NS/c12-6-2-9(14)11(10(15)3-6)16-4-8-1-7(13)5-17-8/h1-3,5,16H,4H2. The summed E-state index contributed by atoms with van der Waals surface area (Å²) in [7, 11) is 0. The zero-order valence-corrected chi connectivity index (χ0v) is 13.9. The lowest BCUT2D eigenvalue weighted by Crippen LogP contribution is -1.98. The van der Waals surface area contributed by atoms with E-state index in [-0.39, 0.29) is 0 Å². The summed E-state index contributed by atoms with van der Waals surface area (Å²) >= 11 is 20.7. The van der Waals surface area contributed by atoms with Crippen molar-refractivity contribution in [3.8, 4) is 0 Å². The Hall–Kier alpha value is 0.260. The van der Waals surface area contributed by atoms with E-state index < -0.39 is 0 Å². The summed E-state index contributed by atoms with van der Waals surface area (Å²) < 4.78 is 1.96. The second kappa shape index (κ2) is 5.93. The van der Waals surface area contributed by atoms with Gasteiger partial charge in [-0.3, -0.25) is 0 Å². The van der Waals surface area contributed by atoms with E-state index in [0.717, 1.165) is 14.6 Å². The average Bonchev–Trinajstić information content (AvgIpc) is 2.62. The van der Waals surface area contributed by atoms with E-state index in [1.807, 2.05) is 17.5 Å². The normalized spacial score (nSPS) is 10.6. The fourth-order valence-electron chi connectivity index (χ4n) is 1.33. The summed E-state index contributed by atoms with van der Waals surface area (Å²) in [4.78, 5) is 1.21. The molecular weight excluding hydrogens is 409 g/mol. The van der Waals surface area contributed by atoms with Gasteiger partial charge < -0.3 is 5.32 Å². The second-order valence-corrected chi connectivity index (χ2v) is 6.97. The molecule has 1 nitrogen and oxygen atoms in total. The van der Waals surface area contributed by atoms with Crippen molar-refractivity contribution < 1.29 is 0 Å². The summed E-state index contributed by atoms with van der Waals surface area (Å²) in [5.41, 5.74) is 0.765. The number of nitrogens with one attached hydrogen (secondary N) is 1. The van der Waals surface area contributed by atoms with Crippen molar-refractivity contribution in [1.29, 1.82) is 0 Å². The van der Waals surface area contributed by atoms with E-state index in [0.29, 0.717) is 16.6 Å². The number of rotatable bonds is 3. The van der Waals surface area contributed by atoms with Crippen LogP contribution in [0, 0.1) is 0 Å². The molecule has 2 rings (SSSR count). The lowest BCUT2D eigenvalue weighted by Gasteiger charge is -2.09. The third kappa shape index (κ3) is 3.61. The summed E-state index contributed by atoms with van der Waals surface area (Å²) in [5.74, 6) is 0. The molecule has 1 N–H and O–H groups in total. The van der Waals surface area contributed by atoms with Gasteiger partial charge in [0.15, 0.2) is 0 Å². The molecule has 0 atom stereocenters. The third-order valence-corrected chi connectivity index (χ3v) is 4.82. The van der Waals surface area contributed by atoms with Crippen LogP contribution < -0.4 is 5.32 Å². The maximum absolute atomic E-state index is 6.12. The smallest absolute Gasteiger partial charge is 0.0722 e. The van der Waals surface area contributed by atoms with Crippen LogP contribution in [0.2, 0.25) is 10.0 Å². The van der Waals surface area contributed by atoms with Crippen molar-refractivity contribution in [2.75, 3.05) is 5.32 Å². The predicted molar refractivity (Wildman–Crippen MR) is 83.5 cm³/mol. The quantitative estimate of drug-likeness (QED) is 0.630. The van der Waals surface area contributed by atoms with Crippen molar-refractivity contribution in [2.45, 2.75) is 6.54 Å². The molecular formula is C11H7Br2Cl2NS. The van der Waals surface area contributed by atoms with Crippen molar-refractivity contribution >= 4 is 72.1 Å². The van der Waals surface area contributed by atoms with E-state index >= 15 is 0 Å². The highest BCUT2D eigenvalue weighted by atomic mass is 79.9. The fourth-order valence-corrected chi connectivity index (χ4v) is 4.07. The molecule has 0 aliphatic heterocycles. The van der Waals surface area contributed by atoms with E-state index in [2.05, 4.69) is 43.2 Å². The fraction of sp³-hybridized carbons (Fsp3) is 0.0909. The molecule has 2 aromatic rings. The van der Waals surface area contributed by atoms with Crippen molar-refractivity contribution in [2.24, 2.45) is 0 Å². The molecule has 0 saturated carbocycles. The first-order chi connectivity index (χ1) is 8.06. The van der Waals surface area contributed by atoms with Gasteiger partial charge in [0.2, 0.25) is 0 Å². The minimum Gasteiger partial charge on any atom is -0.378 e. The van der Waals surface area contributed by atoms with Gasteiger partial charge in [0.25, 0.3) is 0 Å². The first-order valence-electron chi connectivity index (χ1n) is 4.67. The van der Waals surface area contributed by atoms with E-state index in [4.69, 9.17) is 23.2 Å². The molecule has 1 aromatic heterocycles. The Morgan fingerprint density at radius 3 is 2.24 bits per heavy atom. The number of halogens is 4. The van der Waals surface area contributed by atoms with Crippen molar-refractivity contribution in [3.05, 3.63) is 47.4 Å². The minimum absolute atomic E-state index is 0.611. The van der Waals surface area contributed by atoms with Crippen LogP contribution in [0.4, 0.5) is 5.69 Å². The third-order valence-electron chi connectivity index (χ3n) is 2.07. The van der Waals surface area contributed by atoms with Crippen LogP contribution in [0.15, 0.2) is 32.5 Å². The Labute approximate surface area is 130 Å². The highest BCUT2D eigenvalue weighted by molar-refractivity contribution is 9.10. The lowest BCUT2D eigenvalue weighted by atomic mass is 10.3. The molecule has 0 spiro atoms. The largest absolute Gasteiger partial charge is 0.378 e. The van der Waals surface area contributed by atoms with Gasteiger partial charge in [-0.15, -0.1) is 11.3 Å². The van der Waals surface area contributed by atoms with Gasteiger partial charge >= 0.3 is 0 Å². The van der Waals surface area contributed by atoms with Crippen molar-refractivity contribution in [3.63, 3.8) is 0 Å². The highest BCUT2D eigenvalue weighted by Crippen LogP contribution is 2.34. The van der Waals surface area contributed by atoms with Crippen molar-refractivity contribution in [1.82, 2.24) is 0 Å². The molecule has 6 heteroatoms. The number of hydrogen-bond acceptors (Lipinski definition) is 2. The zero-order chi connectivity index (χ0) is 12.4. The van der Waals surface area contributed by atoms with Gasteiger partial charge in [0, 0.05) is 25.7 Å². The van der Waals surface area contributed by atoms with Crippen LogP contribution in [-0.4, -0.2) is 0 Å². The maximum atomic E-state index is 6.12. The van der Waals surface area contributed by atoms with Gasteiger partial charge in [0.1, 0.15) is 0 Å². The van der Waals surface area contributed by atoms with Crippen LogP contribution in [-0.2, 0) is 6.54 Å². The molecule has 0 saturated heterocycles. The first kappa shape index (κ1) is 13.7. The predicted octanol–water partition coefficient (Wildman–Crippen LogP) is 6.19. The Bertz CT molecular complexity index is 519. The second-order valence-electron chi connectivity index (χ2n) is 3.33. The summed E-state index contributed by atoms with van der Waals surface area (Å²) in [6.45, 7) is 0.706. The number of benzene rings is 1. The van der Waals surface area contributed by atoms with Crippen LogP contribution in [0.1, 0.15) is 4.88 Å². The number of thiophene rings is 1. The first-order valence-corrected chi connectivity index (χ1v) is 7.90. The molecule has 17 heavy (non-hydrogen) atoms. The topological polar surface area (TPSA) is 12.0 Å². The van der Waals surface area contributed by atoms with E-state index in [1.165, 1.54) is 4.88 Å². The van der Waals surface area contributed by atoms with Crippen LogP contribution in [0.5, 0.6) is 0 Å². The molecule has 0 aliphatic carbocycles. The number of anilines is 1. The molecule has 1 heterocycles. The average molecular weight is 416 g/mol. The van der Waals surface area contributed by atoms with Gasteiger partial charge in [-0.25, -0.2) is 0 Å². The highest BCUT2D eigenvalue weighted by Gasteiger charge is 2.07. The zero-order valence-electron chi connectivity index (χ0n) is 8.44. The van der Waals surface area contributed by atoms with Gasteiger partial charge in [-0.05, 0) is 34.1 Å². The molecule has 0 amide bonds. The molecule has 1 aromatic carbocycles. The minimum atomic E-state index is 0.611. The van der Waals surface area contributed by atoms with E-state index in [1.54, 1.807) is 11.3 Å². The van der Waals surface area contributed by atoms with E-state index in [9.17, 15) is 0 Å². The molecule has 0 radical (unpaired) electrons. The Morgan fingerprint density at radius 2 is 1.71 bits per heavy atom. The number of hydrogen-bond donors (Lipinski definition) is 1. The Morgan fingerprint density at radius 1 is 1.06 bits per heavy atom. The van der Waals surface area contributed by atoms with Gasteiger partial charge in [-0.2, -0.15) is 0 Å². The molecule has 0 fully saturated rings. The molecule has 0 bridgehead atoms. The van der Waals surface area contributed by atoms with Crippen LogP contribution in [0.25, 0.3) is 0 Å². The van der Waals surface area contributed by atoms with Gasteiger partial charge in [-0.1, -0.05) is 39.1 Å². The van der Waals surface area contributed by atoms with Gasteiger partial charge in [0.05, 0.1) is 15.7 Å². The molecule has 0 aliphatic rings. The Kier molecular flexibility index (Phi) is 4.78. The van der Waals surface area contributed by atoms with Crippen LogP contribution >= 0.6 is 66.4 Å². The Balaban J connectivity index is 2.14. The lowest BCUT2D eigenvalue weighted by molar-refractivity contribution is 1.19. The summed E-state index contributed by atoms with van der Waals surface area (Å²) in [5, 5.41) is 6.51.